The third-order valence-corrected chi connectivity index (χ3v) is 3.90. The second-order valence-corrected chi connectivity index (χ2v) is 5.28. The van der Waals surface area contributed by atoms with E-state index in [1.54, 1.807) is 0 Å². The molecular weight excluding hydrogens is 250 g/mol. The molecule has 1 N–H and O–H groups in total. The largest absolute Gasteiger partial charge is 0.378 e. The van der Waals surface area contributed by atoms with Crippen molar-refractivity contribution < 1.29 is 4.74 Å². The topological polar surface area (TPSA) is 41.2 Å². The van der Waals surface area contributed by atoms with Crippen molar-refractivity contribution in [3.05, 3.63) is 36.0 Å². The Hall–Kier alpha value is -2.07. The van der Waals surface area contributed by atoms with Gasteiger partial charge in [0.05, 0.1) is 18.7 Å². The van der Waals surface area contributed by atoms with Crippen molar-refractivity contribution in [2.45, 2.75) is 6.92 Å². The fourth-order valence-corrected chi connectivity index (χ4v) is 2.98. The van der Waals surface area contributed by atoms with Gasteiger partial charge in [-0.1, -0.05) is 18.2 Å². The molecule has 2 aromatic heterocycles. The Kier molecular flexibility index (Phi) is 2.63. The van der Waals surface area contributed by atoms with E-state index in [0.717, 1.165) is 37.8 Å². The number of anilines is 1. The van der Waals surface area contributed by atoms with Crippen LogP contribution in [0.4, 0.5) is 5.82 Å². The average Bonchev–Trinajstić information content (AvgIpc) is 2.85. The molecule has 0 unspecified atom stereocenters. The SMILES string of the molecule is Cc1cc2[nH]c3ccccc3c2c(N2CCOCC2)n1. The molecule has 102 valence electrons. The van der Waals surface area contributed by atoms with E-state index in [1.807, 2.05) is 0 Å². The standard InChI is InChI=1S/C16H17N3O/c1-11-10-14-15(12-4-2-3-5-13(12)18-14)16(17-11)19-6-8-20-9-7-19/h2-5,10,18H,6-9H2,1H3. The average molecular weight is 267 g/mol. The van der Waals surface area contributed by atoms with Crippen LogP contribution >= 0.6 is 0 Å². The summed E-state index contributed by atoms with van der Waals surface area (Å²) in [6.45, 7) is 5.42. The number of fused-ring (bicyclic) bond motifs is 3. The molecule has 0 atom stereocenters. The Morgan fingerprint density at radius 2 is 1.95 bits per heavy atom. The van der Waals surface area contributed by atoms with Gasteiger partial charge in [0, 0.05) is 35.1 Å². The van der Waals surface area contributed by atoms with E-state index in [2.05, 4.69) is 47.1 Å². The number of benzene rings is 1. The molecule has 0 bridgehead atoms. The second-order valence-electron chi connectivity index (χ2n) is 5.28. The van der Waals surface area contributed by atoms with Gasteiger partial charge in [-0.05, 0) is 19.1 Å². The quantitative estimate of drug-likeness (QED) is 0.737. The first-order valence-electron chi connectivity index (χ1n) is 7.04. The number of aromatic amines is 1. The number of nitrogens with one attached hydrogen (secondary N) is 1. The van der Waals surface area contributed by atoms with Gasteiger partial charge >= 0.3 is 0 Å². The molecule has 1 saturated heterocycles. The minimum Gasteiger partial charge on any atom is -0.378 e. The lowest BCUT2D eigenvalue weighted by Gasteiger charge is -2.28. The van der Waals surface area contributed by atoms with Crippen LogP contribution in [0.15, 0.2) is 30.3 Å². The number of aryl methyl sites for hydroxylation is 1. The molecule has 0 radical (unpaired) electrons. The summed E-state index contributed by atoms with van der Waals surface area (Å²) in [5, 5.41) is 2.48. The molecule has 1 aliphatic rings. The van der Waals surface area contributed by atoms with Crippen LogP contribution in [0.5, 0.6) is 0 Å². The maximum absolute atomic E-state index is 5.46. The first-order chi connectivity index (χ1) is 9.83. The monoisotopic (exact) mass is 267 g/mol. The molecule has 0 saturated carbocycles. The number of pyridine rings is 1. The van der Waals surface area contributed by atoms with Crippen LogP contribution in [0.25, 0.3) is 21.8 Å². The number of aromatic nitrogens is 2. The minimum atomic E-state index is 0.777. The molecule has 1 aliphatic heterocycles. The highest BCUT2D eigenvalue weighted by Gasteiger charge is 2.18. The van der Waals surface area contributed by atoms with Crippen LogP contribution in [0, 0.1) is 6.92 Å². The smallest absolute Gasteiger partial charge is 0.139 e. The summed E-state index contributed by atoms with van der Waals surface area (Å²) >= 11 is 0. The Bertz CT molecular complexity index is 772. The number of nitrogens with zero attached hydrogens (tertiary/aromatic N) is 2. The Morgan fingerprint density at radius 3 is 2.80 bits per heavy atom. The van der Waals surface area contributed by atoms with E-state index >= 15 is 0 Å². The molecule has 4 heteroatoms. The van der Waals surface area contributed by atoms with Gasteiger partial charge in [0.2, 0.25) is 0 Å². The lowest BCUT2D eigenvalue weighted by molar-refractivity contribution is 0.122. The predicted octanol–water partition coefficient (Wildman–Crippen LogP) is 2.86. The summed E-state index contributed by atoms with van der Waals surface area (Å²) in [6.07, 6.45) is 0. The predicted molar refractivity (Wildman–Crippen MR) is 81.4 cm³/mol. The number of morpholine rings is 1. The molecule has 0 aliphatic carbocycles. The van der Waals surface area contributed by atoms with E-state index in [9.17, 15) is 0 Å². The highest BCUT2D eigenvalue weighted by Crippen LogP contribution is 2.33. The van der Waals surface area contributed by atoms with Crippen molar-refractivity contribution in [1.29, 1.82) is 0 Å². The Labute approximate surface area is 117 Å². The number of rotatable bonds is 1. The molecule has 3 aromatic rings. The van der Waals surface area contributed by atoms with Crippen molar-refractivity contribution in [2.75, 3.05) is 31.2 Å². The molecule has 4 rings (SSSR count). The molecule has 1 aromatic carbocycles. The number of hydrogen-bond acceptors (Lipinski definition) is 3. The van der Waals surface area contributed by atoms with Gasteiger partial charge in [-0.3, -0.25) is 0 Å². The van der Waals surface area contributed by atoms with Crippen molar-refractivity contribution >= 4 is 27.6 Å². The van der Waals surface area contributed by atoms with Crippen molar-refractivity contribution in [1.82, 2.24) is 9.97 Å². The Balaban J connectivity index is 2.02. The molecule has 3 heterocycles. The summed E-state index contributed by atoms with van der Waals surface area (Å²) in [4.78, 5) is 10.6. The van der Waals surface area contributed by atoms with Crippen LogP contribution in [0.2, 0.25) is 0 Å². The Morgan fingerprint density at radius 1 is 1.15 bits per heavy atom. The van der Waals surface area contributed by atoms with Crippen molar-refractivity contribution in [2.24, 2.45) is 0 Å². The van der Waals surface area contributed by atoms with Gasteiger partial charge < -0.3 is 14.6 Å². The number of ether oxygens (including phenoxy) is 1. The minimum absolute atomic E-state index is 0.777. The molecular formula is C16H17N3O. The fourth-order valence-electron chi connectivity index (χ4n) is 2.98. The molecule has 4 nitrogen and oxygen atoms in total. The second kappa shape index (κ2) is 4.49. The molecule has 0 spiro atoms. The van der Waals surface area contributed by atoms with Gasteiger partial charge in [0.25, 0.3) is 0 Å². The third kappa shape index (κ3) is 1.76. The highest BCUT2D eigenvalue weighted by atomic mass is 16.5. The zero-order valence-electron chi connectivity index (χ0n) is 11.5. The highest BCUT2D eigenvalue weighted by molar-refractivity contribution is 6.12. The lowest BCUT2D eigenvalue weighted by Crippen LogP contribution is -2.36. The molecule has 1 fully saturated rings. The maximum Gasteiger partial charge on any atom is 0.139 e. The number of H-pyrrole nitrogens is 1. The fraction of sp³-hybridized carbons (Fsp3) is 0.312. The van der Waals surface area contributed by atoms with Gasteiger partial charge in [-0.2, -0.15) is 0 Å². The normalized spacial score (nSPS) is 16.1. The van der Waals surface area contributed by atoms with Crippen LogP contribution in [0.3, 0.4) is 0 Å². The summed E-state index contributed by atoms with van der Waals surface area (Å²) in [6, 6.07) is 10.5. The van der Waals surface area contributed by atoms with E-state index in [-0.39, 0.29) is 0 Å². The molecule has 20 heavy (non-hydrogen) atoms. The maximum atomic E-state index is 5.46. The third-order valence-electron chi connectivity index (χ3n) is 3.90. The summed E-state index contributed by atoms with van der Waals surface area (Å²) < 4.78 is 5.46. The van der Waals surface area contributed by atoms with E-state index in [0.29, 0.717) is 0 Å². The van der Waals surface area contributed by atoms with Gasteiger partial charge in [-0.25, -0.2) is 4.98 Å². The number of hydrogen-bond donors (Lipinski definition) is 1. The lowest BCUT2D eigenvalue weighted by atomic mass is 10.1. The van der Waals surface area contributed by atoms with Crippen LogP contribution < -0.4 is 4.90 Å². The first kappa shape index (κ1) is 11.7. The summed E-state index contributed by atoms with van der Waals surface area (Å²) in [5.74, 6) is 1.08. The van der Waals surface area contributed by atoms with E-state index < -0.39 is 0 Å². The number of para-hydroxylation sites is 1. The summed E-state index contributed by atoms with van der Waals surface area (Å²) in [7, 11) is 0. The molecule has 0 amide bonds. The van der Waals surface area contributed by atoms with Gasteiger partial charge in [-0.15, -0.1) is 0 Å². The van der Waals surface area contributed by atoms with Crippen molar-refractivity contribution in [3.63, 3.8) is 0 Å². The van der Waals surface area contributed by atoms with Crippen LogP contribution in [-0.4, -0.2) is 36.3 Å². The van der Waals surface area contributed by atoms with Crippen LogP contribution in [0.1, 0.15) is 5.69 Å². The van der Waals surface area contributed by atoms with Gasteiger partial charge in [0.15, 0.2) is 0 Å². The first-order valence-corrected chi connectivity index (χ1v) is 7.04. The van der Waals surface area contributed by atoms with E-state index in [1.165, 1.54) is 21.8 Å². The van der Waals surface area contributed by atoms with Gasteiger partial charge in [0.1, 0.15) is 5.82 Å². The zero-order valence-corrected chi connectivity index (χ0v) is 11.5. The zero-order chi connectivity index (χ0) is 13.5. The van der Waals surface area contributed by atoms with E-state index in [4.69, 9.17) is 9.72 Å². The van der Waals surface area contributed by atoms with Crippen LogP contribution in [-0.2, 0) is 4.74 Å². The van der Waals surface area contributed by atoms with Crippen molar-refractivity contribution in [3.8, 4) is 0 Å². The summed E-state index contributed by atoms with van der Waals surface area (Å²) in [5.41, 5.74) is 3.38.